The van der Waals surface area contributed by atoms with Gasteiger partial charge in [0, 0.05) is 5.56 Å². The van der Waals surface area contributed by atoms with Crippen LogP contribution in [-0.4, -0.2) is 26.5 Å². The lowest BCUT2D eigenvalue weighted by Crippen LogP contribution is -2.31. The fraction of sp³-hybridized carbons (Fsp3) is 0.0667. The van der Waals surface area contributed by atoms with Gasteiger partial charge in [-0.05, 0) is 24.4 Å². The molecule has 22 heavy (non-hydrogen) atoms. The van der Waals surface area contributed by atoms with Gasteiger partial charge in [-0.15, -0.1) is 4.40 Å². The second-order valence-electron chi connectivity index (χ2n) is 4.21. The monoisotopic (exact) mass is 334 g/mol. The van der Waals surface area contributed by atoms with E-state index in [0.717, 1.165) is 0 Å². The van der Waals surface area contributed by atoms with E-state index in [9.17, 15) is 8.42 Å². The summed E-state index contributed by atoms with van der Waals surface area (Å²) in [6, 6.07) is 16.8. The van der Waals surface area contributed by atoms with Gasteiger partial charge in [0.15, 0.2) is 5.84 Å². The number of benzene rings is 2. The lowest BCUT2D eigenvalue weighted by molar-refractivity contribution is 0.402. The third-order valence-electron chi connectivity index (χ3n) is 2.71. The molecule has 0 heterocycles. The summed E-state index contributed by atoms with van der Waals surface area (Å²) in [5, 5.41) is 2.72. The molecule has 1 N–H and O–H groups in total. The molecule has 7 heteroatoms. The molecular weight excluding hydrogens is 320 g/mol. The van der Waals surface area contributed by atoms with Gasteiger partial charge >= 0.3 is 0 Å². The van der Waals surface area contributed by atoms with Crippen LogP contribution in [0.3, 0.4) is 0 Å². The van der Waals surface area contributed by atoms with Crippen molar-refractivity contribution in [1.29, 1.82) is 0 Å². The number of ether oxygens (including phenoxy) is 1. The molecule has 0 bridgehead atoms. The van der Waals surface area contributed by atoms with E-state index in [1.165, 1.54) is 19.2 Å². The zero-order valence-electron chi connectivity index (χ0n) is 11.8. The summed E-state index contributed by atoms with van der Waals surface area (Å²) in [4.78, 5) is 0.105. The van der Waals surface area contributed by atoms with E-state index in [1.807, 2.05) is 6.07 Å². The first-order valence-corrected chi connectivity index (χ1v) is 8.18. The van der Waals surface area contributed by atoms with Crippen LogP contribution in [0.25, 0.3) is 0 Å². The molecule has 2 rings (SSSR count). The summed E-state index contributed by atoms with van der Waals surface area (Å²) in [6.45, 7) is 0. The molecule has 0 aromatic heterocycles. The Morgan fingerprint density at radius 1 is 1.05 bits per heavy atom. The zero-order chi connectivity index (χ0) is 16.0. The third kappa shape index (κ3) is 4.12. The quantitative estimate of drug-likeness (QED) is 0.530. The first-order valence-electron chi connectivity index (χ1n) is 6.33. The van der Waals surface area contributed by atoms with Crippen LogP contribution in [0.2, 0.25) is 0 Å². The number of methoxy groups -OCH3 is 1. The van der Waals surface area contributed by atoms with Gasteiger partial charge in [0.05, 0.1) is 12.0 Å². The molecule has 0 aliphatic rings. The molecule has 2 aromatic carbocycles. The highest BCUT2D eigenvalue weighted by Gasteiger charge is 2.16. The highest BCUT2D eigenvalue weighted by atomic mass is 32.2. The van der Waals surface area contributed by atoms with E-state index in [-0.39, 0.29) is 15.9 Å². The molecule has 0 saturated carbocycles. The molecular formula is C15H14N2O3S2. The smallest absolute Gasteiger partial charge is 0.284 e. The third-order valence-corrected chi connectivity index (χ3v) is 4.27. The second-order valence-corrected chi connectivity index (χ2v) is 6.19. The fourth-order valence-corrected chi connectivity index (χ4v) is 2.75. The Kier molecular flexibility index (Phi) is 5.24. The lowest BCUT2D eigenvalue weighted by Gasteiger charge is -2.10. The minimum absolute atomic E-state index is 0.0332. The molecule has 0 spiro atoms. The normalized spacial score (nSPS) is 11.8. The molecule has 0 unspecified atom stereocenters. The van der Waals surface area contributed by atoms with E-state index in [2.05, 4.69) is 9.71 Å². The predicted octanol–water partition coefficient (Wildman–Crippen LogP) is 2.34. The van der Waals surface area contributed by atoms with Crippen LogP contribution in [0.5, 0.6) is 0 Å². The maximum atomic E-state index is 12.4. The Morgan fingerprint density at radius 2 is 1.59 bits per heavy atom. The molecule has 0 fully saturated rings. The van der Waals surface area contributed by atoms with Crippen LogP contribution in [0.1, 0.15) is 5.56 Å². The summed E-state index contributed by atoms with van der Waals surface area (Å²) in [5.74, 6) is 0.108. The molecule has 0 amide bonds. The number of nitrogens with one attached hydrogen (secondary N) is 1. The fourth-order valence-electron chi connectivity index (χ4n) is 1.66. The minimum Gasteiger partial charge on any atom is -0.474 e. The molecule has 114 valence electrons. The zero-order valence-corrected chi connectivity index (χ0v) is 13.4. The van der Waals surface area contributed by atoms with E-state index in [4.69, 9.17) is 17.0 Å². The molecule has 0 radical (unpaired) electrons. The highest BCUT2D eigenvalue weighted by molar-refractivity contribution is 7.90. The van der Waals surface area contributed by atoms with Crippen LogP contribution < -0.4 is 5.32 Å². The van der Waals surface area contributed by atoms with E-state index in [0.29, 0.717) is 5.56 Å². The lowest BCUT2D eigenvalue weighted by atomic mass is 10.2. The first-order chi connectivity index (χ1) is 10.5. The van der Waals surface area contributed by atoms with Gasteiger partial charge in [-0.1, -0.05) is 48.5 Å². The number of thiocarbonyl (C=S) groups is 1. The predicted molar refractivity (Wildman–Crippen MR) is 89.3 cm³/mol. The number of nitrogens with zero attached hydrogens (tertiary/aromatic N) is 1. The molecule has 2 aromatic rings. The highest BCUT2D eigenvalue weighted by Crippen LogP contribution is 2.13. The van der Waals surface area contributed by atoms with Gasteiger partial charge in [0.1, 0.15) is 0 Å². The molecule has 5 nitrogen and oxygen atoms in total. The van der Waals surface area contributed by atoms with Gasteiger partial charge in [-0.3, -0.25) is 0 Å². The molecule has 0 atom stereocenters. The number of sulfonamides is 1. The largest absolute Gasteiger partial charge is 0.474 e. The van der Waals surface area contributed by atoms with Crippen molar-refractivity contribution < 1.29 is 13.2 Å². The van der Waals surface area contributed by atoms with Crippen LogP contribution in [0.4, 0.5) is 0 Å². The van der Waals surface area contributed by atoms with Crippen molar-refractivity contribution in [1.82, 2.24) is 5.32 Å². The maximum absolute atomic E-state index is 12.4. The van der Waals surface area contributed by atoms with Crippen LogP contribution in [0.15, 0.2) is 70.0 Å². The Hall–Kier alpha value is -2.25. The number of hydrogen-bond acceptors (Lipinski definition) is 4. The van der Waals surface area contributed by atoms with Crippen molar-refractivity contribution in [3.63, 3.8) is 0 Å². The minimum atomic E-state index is -3.85. The number of rotatable bonds is 3. The Labute approximate surface area is 134 Å². The topological polar surface area (TPSA) is 67.8 Å². The number of amidine groups is 1. The van der Waals surface area contributed by atoms with E-state index < -0.39 is 10.0 Å². The SMILES string of the molecule is COC(=S)NC(=NS(=O)(=O)c1ccccc1)c1ccccc1. The van der Waals surface area contributed by atoms with Gasteiger partial charge < -0.3 is 10.1 Å². The summed E-state index contributed by atoms with van der Waals surface area (Å²) >= 11 is 4.93. The molecule has 0 aliphatic carbocycles. The van der Waals surface area contributed by atoms with Gasteiger partial charge in [0.25, 0.3) is 15.2 Å². The van der Waals surface area contributed by atoms with Crippen molar-refractivity contribution >= 4 is 33.3 Å². The summed E-state index contributed by atoms with van der Waals surface area (Å²) < 4.78 is 33.5. The van der Waals surface area contributed by atoms with Crippen molar-refractivity contribution in [2.24, 2.45) is 4.40 Å². The maximum Gasteiger partial charge on any atom is 0.284 e. The summed E-state index contributed by atoms with van der Waals surface area (Å²) in [5.41, 5.74) is 0.585. The first kappa shape index (κ1) is 16.1. The Balaban J connectivity index is 2.47. The molecule has 0 aliphatic heterocycles. The van der Waals surface area contributed by atoms with Crippen molar-refractivity contribution in [2.75, 3.05) is 7.11 Å². The Bertz CT molecular complexity index is 773. The average molecular weight is 334 g/mol. The standard InChI is InChI=1S/C15H14N2O3S2/c1-20-15(21)16-14(12-8-4-2-5-9-12)17-22(18,19)13-10-6-3-7-11-13/h2-11H,1H3,(H,16,17,21). The Morgan fingerprint density at radius 3 is 2.14 bits per heavy atom. The summed E-state index contributed by atoms with van der Waals surface area (Å²) in [7, 11) is -2.46. The van der Waals surface area contributed by atoms with Crippen LogP contribution >= 0.6 is 12.2 Å². The summed E-state index contributed by atoms with van der Waals surface area (Å²) in [6.07, 6.45) is 0. The van der Waals surface area contributed by atoms with Crippen LogP contribution in [-0.2, 0) is 14.8 Å². The van der Waals surface area contributed by atoms with Crippen molar-refractivity contribution in [3.05, 3.63) is 66.2 Å². The molecule has 0 saturated heterocycles. The van der Waals surface area contributed by atoms with E-state index >= 15 is 0 Å². The van der Waals surface area contributed by atoms with Gasteiger partial charge in [-0.25, -0.2) is 0 Å². The van der Waals surface area contributed by atoms with Gasteiger partial charge in [-0.2, -0.15) is 8.42 Å². The van der Waals surface area contributed by atoms with E-state index in [1.54, 1.807) is 42.5 Å². The second kappa shape index (κ2) is 7.15. The number of hydrogen-bond donors (Lipinski definition) is 1. The average Bonchev–Trinajstić information content (AvgIpc) is 2.55. The van der Waals surface area contributed by atoms with Crippen molar-refractivity contribution in [2.45, 2.75) is 4.90 Å². The van der Waals surface area contributed by atoms with Gasteiger partial charge in [0.2, 0.25) is 0 Å². The van der Waals surface area contributed by atoms with Crippen molar-refractivity contribution in [3.8, 4) is 0 Å². The van der Waals surface area contributed by atoms with Crippen LogP contribution in [0, 0.1) is 0 Å².